The predicted octanol–water partition coefficient (Wildman–Crippen LogP) is 3.34. The third-order valence-corrected chi connectivity index (χ3v) is 10.3. The standard InChI is InChI=1S/C16H22O2Si/c1-16(2,3)19(14-7-5-4-6-8-14)10-9-13(12-19)11-15(17)18/h4-10,13H,11-12H2,1-3H3,(H,17,18)/t13-,19+/m1/s1. The number of carbonyl (C=O) groups is 1. The Balaban J connectivity index is 2.36. The molecule has 0 saturated heterocycles. The first-order chi connectivity index (χ1) is 8.85. The van der Waals surface area contributed by atoms with E-state index in [1.807, 2.05) is 6.07 Å². The third kappa shape index (κ3) is 2.66. The van der Waals surface area contributed by atoms with Crippen molar-refractivity contribution < 1.29 is 9.90 Å². The molecule has 0 unspecified atom stereocenters. The Labute approximate surface area is 116 Å². The van der Waals surface area contributed by atoms with E-state index in [1.165, 1.54) is 5.19 Å². The van der Waals surface area contributed by atoms with Gasteiger partial charge in [-0.3, -0.25) is 4.79 Å². The summed E-state index contributed by atoms with van der Waals surface area (Å²) in [6.45, 7) is 6.87. The molecular weight excluding hydrogens is 252 g/mol. The second kappa shape index (κ2) is 4.97. The van der Waals surface area contributed by atoms with Crippen molar-refractivity contribution in [3.63, 3.8) is 0 Å². The van der Waals surface area contributed by atoms with Crippen LogP contribution >= 0.6 is 0 Å². The van der Waals surface area contributed by atoms with Gasteiger partial charge in [0.25, 0.3) is 0 Å². The molecular formula is C16H22O2Si. The monoisotopic (exact) mass is 274 g/mol. The zero-order valence-corrected chi connectivity index (χ0v) is 12.9. The Kier molecular flexibility index (Phi) is 3.68. The van der Waals surface area contributed by atoms with Gasteiger partial charge in [0.15, 0.2) is 0 Å². The summed E-state index contributed by atoms with van der Waals surface area (Å²) in [5, 5.41) is 10.6. The highest BCUT2D eigenvalue weighted by molar-refractivity contribution is 6.98. The van der Waals surface area contributed by atoms with Crippen LogP contribution in [0.4, 0.5) is 0 Å². The van der Waals surface area contributed by atoms with Gasteiger partial charge in [-0.05, 0) is 17.0 Å². The van der Waals surface area contributed by atoms with E-state index in [-0.39, 0.29) is 17.4 Å². The summed E-state index contributed by atoms with van der Waals surface area (Å²) >= 11 is 0. The molecule has 2 rings (SSSR count). The van der Waals surface area contributed by atoms with Crippen LogP contribution in [0.2, 0.25) is 11.1 Å². The minimum atomic E-state index is -1.78. The molecule has 0 aliphatic carbocycles. The normalized spacial score (nSPS) is 26.6. The fourth-order valence-corrected chi connectivity index (χ4v) is 8.19. The molecule has 3 heteroatoms. The SMILES string of the molecule is CC(C)(C)[Si@@]1(c2ccccc2)C=C[C@H](CC(=O)O)C1. The van der Waals surface area contributed by atoms with Gasteiger partial charge in [0, 0.05) is 0 Å². The van der Waals surface area contributed by atoms with Gasteiger partial charge in [0.2, 0.25) is 0 Å². The van der Waals surface area contributed by atoms with Crippen molar-refractivity contribution >= 4 is 19.2 Å². The first kappa shape index (κ1) is 14.1. The molecule has 1 aromatic carbocycles. The number of allylic oxidation sites excluding steroid dienone is 1. The maximum Gasteiger partial charge on any atom is 0.303 e. The lowest BCUT2D eigenvalue weighted by atomic mass is 10.1. The molecule has 0 radical (unpaired) electrons. The molecule has 0 saturated carbocycles. The quantitative estimate of drug-likeness (QED) is 0.858. The lowest BCUT2D eigenvalue weighted by molar-refractivity contribution is -0.137. The van der Waals surface area contributed by atoms with Crippen molar-refractivity contribution in [3.05, 3.63) is 42.1 Å². The molecule has 2 nitrogen and oxygen atoms in total. The Bertz CT molecular complexity index is 487. The first-order valence-electron chi connectivity index (χ1n) is 6.82. The zero-order valence-electron chi connectivity index (χ0n) is 11.9. The van der Waals surface area contributed by atoms with Gasteiger partial charge in [-0.25, -0.2) is 0 Å². The van der Waals surface area contributed by atoms with Crippen molar-refractivity contribution in [1.29, 1.82) is 0 Å². The van der Waals surface area contributed by atoms with Crippen LogP contribution in [0, 0.1) is 5.92 Å². The Hall–Kier alpha value is -1.35. The molecule has 1 aliphatic heterocycles. The maximum atomic E-state index is 10.9. The number of carboxylic acids is 1. The summed E-state index contributed by atoms with van der Waals surface area (Å²) in [4.78, 5) is 10.9. The molecule has 102 valence electrons. The Morgan fingerprint density at radius 3 is 2.47 bits per heavy atom. The van der Waals surface area contributed by atoms with Crippen LogP contribution in [0.3, 0.4) is 0 Å². The van der Waals surface area contributed by atoms with Gasteiger partial charge in [0.1, 0.15) is 8.07 Å². The average molecular weight is 274 g/mol. The molecule has 0 bridgehead atoms. The minimum absolute atomic E-state index is 0.198. The minimum Gasteiger partial charge on any atom is -0.481 e. The topological polar surface area (TPSA) is 37.3 Å². The smallest absolute Gasteiger partial charge is 0.303 e. The lowest BCUT2D eigenvalue weighted by Gasteiger charge is -2.40. The molecule has 0 fully saturated rings. The van der Waals surface area contributed by atoms with Crippen LogP contribution < -0.4 is 5.19 Å². The highest BCUT2D eigenvalue weighted by Crippen LogP contribution is 2.45. The molecule has 19 heavy (non-hydrogen) atoms. The summed E-state index contributed by atoms with van der Waals surface area (Å²) < 4.78 is 0. The lowest BCUT2D eigenvalue weighted by Crippen LogP contribution is -2.52. The molecule has 0 spiro atoms. The Morgan fingerprint density at radius 2 is 1.95 bits per heavy atom. The fraction of sp³-hybridized carbons (Fsp3) is 0.438. The molecule has 0 amide bonds. The van der Waals surface area contributed by atoms with E-state index in [9.17, 15) is 4.79 Å². The first-order valence-corrected chi connectivity index (χ1v) is 9.10. The van der Waals surface area contributed by atoms with E-state index >= 15 is 0 Å². The van der Waals surface area contributed by atoms with E-state index in [2.05, 4.69) is 56.8 Å². The van der Waals surface area contributed by atoms with Crippen molar-refractivity contribution in [2.45, 2.75) is 38.3 Å². The summed E-state index contributed by atoms with van der Waals surface area (Å²) in [6, 6.07) is 11.7. The highest BCUT2D eigenvalue weighted by atomic mass is 28.3. The van der Waals surface area contributed by atoms with Crippen LogP contribution in [0.25, 0.3) is 0 Å². The van der Waals surface area contributed by atoms with Crippen molar-refractivity contribution in [2.75, 3.05) is 0 Å². The molecule has 1 N–H and O–H groups in total. The summed E-state index contributed by atoms with van der Waals surface area (Å²) in [5.41, 5.74) is 2.37. The number of hydrogen-bond acceptors (Lipinski definition) is 1. The van der Waals surface area contributed by atoms with Gasteiger partial charge < -0.3 is 5.11 Å². The van der Waals surface area contributed by atoms with Gasteiger partial charge in [-0.15, -0.1) is 0 Å². The number of carboxylic acid groups (broad SMARTS) is 1. The largest absolute Gasteiger partial charge is 0.481 e. The van der Waals surface area contributed by atoms with Crippen LogP contribution in [-0.4, -0.2) is 19.1 Å². The zero-order chi connectivity index (χ0) is 14.1. The van der Waals surface area contributed by atoms with Crippen LogP contribution in [0.5, 0.6) is 0 Å². The van der Waals surface area contributed by atoms with Gasteiger partial charge in [-0.1, -0.05) is 68.1 Å². The van der Waals surface area contributed by atoms with Crippen LogP contribution in [0.15, 0.2) is 42.1 Å². The maximum absolute atomic E-state index is 10.9. The highest BCUT2D eigenvalue weighted by Gasteiger charge is 2.47. The van der Waals surface area contributed by atoms with E-state index in [0.29, 0.717) is 0 Å². The molecule has 1 aliphatic rings. The van der Waals surface area contributed by atoms with Gasteiger partial charge in [0.05, 0.1) is 6.42 Å². The number of hydrogen-bond donors (Lipinski definition) is 1. The molecule has 0 aromatic heterocycles. The summed E-state index contributed by atoms with van der Waals surface area (Å²) in [7, 11) is -1.78. The van der Waals surface area contributed by atoms with Crippen molar-refractivity contribution in [3.8, 4) is 0 Å². The van der Waals surface area contributed by atoms with Gasteiger partial charge >= 0.3 is 5.97 Å². The van der Waals surface area contributed by atoms with E-state index in [1.54, 1.807) is 0 Å². The van der Waals surface area contributed by atoms with Crippen molar-refractivity contribution in [2.24, 2.45) is 5.92 Å². The summed E-state index contributed by atoms with van der Waals surface area (Å²) in [5.74, 6) is -0.495. The fourth-order valence-electron chi connectivity index (χ4n) is 3.15. The van der Waals surface area contributed by atoms with Crippen LogP contribution in [-0.2, 0) is 4.79 Å². The average Bonchev–Trinajstić information content (AvgIpc) is 2.74. The molecule has 1 heterocycles. The number of benzene rings is 1. The predicted molar refractivity (Wildman–Crippen MR) is 81.2 cm³/mol. The molecule has 1 aromatic rings. The second-order valence-corrected chi connectivity index (χ2v) is 11.3. The van der Waals surface area contributed by atoms with E-state index in [0.717, 1.165) is 6.04 Å². The Morgan fingerprint density at radius 1 is 1.32 bits per heavy atom. The molecule has 2 atom stereocenters. The van der Waals surface area contributed by atoms with E-state index in [4.69, 9.17) is 5.11 Å². The summed E-state index contributed by atoms with van der Waals surface area (Å²) in [6.07, 6.45) is 2.41. The number of aliphatic carboxylic acids is 1. The van der Waals surface area contributed by atoms with E-state index < -0.39 is 14.0 Å². The van der Waals surface area contributed by atoms with Crippen LogP contribution in [0.1, 0.15) is 27.2 Å². The second-order valence-electron chi connectivity index (χ2n) is 6.51. The van der Waals surface area contributed by atoms with Gasteiger partial charge in [-0.2, -0.15) is 0 Å². The number of rotatable bonds is 3. The van der Waals surface area contributed by atoms with Crippen molar-refractivity contribution in [1.82, 2.24) is 0 Å². The third-order valence-electron chi connectivity index (χ3n) is 4.30.